The molecule has 0 spiro atoms. The Morgan fingerprint density at radius 2 is 0.885 bits per heavy atom. The Morgan fingerprint density at radius 1 is 0.475 bits per heavy atom. The molecule has 10 aromatic rings. The summed E-state index contributed by atoms with van der Waals surface area (Å²) in [5, 5.41) is 30.1. The molecule has 5 nitrogen and oxygen atoms in total. The van der Waals surface area contributed by atoms with Crippen molar-refractivity contribution < 1.29 is 14.9 Å². The van der Waals surface area contributed by atoms with Gasteiger partial charge >= 0.3 is 0 Å². The Kier molecular flexibility index (Phi) is 10.1. The maximum atomic E-state index is 12.8. The van der Waals surface area contributed by atoms with Crippen LogP contribution in [0.4, 0.5) is 0 Å². The molecule has 61 heavy (non-hydrogen) atoms. The van der Waals surface area contributed by atoms with Crippen LogP contribution in [0.3, 0.4) is 0 Å². The second kappa shape index (κ2) is 16.0. The third-order valence-electron chi connectivity index (χ3n) is 11.8. The molecule has 2 heterocycles. The second-order valence-corrected chi connectivity index (χ2v) is 17.1. The number of phenolic OH excluding ortho intramolecular Hbond substituents is 2. The highest BCUT2D eigenvalue weighted by Gasteiger charge is 2.25. The van der Waals surface area contributed by atoms with Crippen LogP contribution in [-0.4, -0.2) is 38.8 Å². The lowest BCUT2D eigenvalue weighted by Crippen LogP contribution is -2.01. The molecule has 0 aliphatic carbocycles. The number of rotatable bonds is 11. The summed E-state index contributed by atoms with van der Waals surface area (Å²) in [6.45, 7) is 4.83. The second-order valence-electron chi connectivity index (χ2n) is 16.0. The highest BCUT2D eigenvalue weighted by Crippen LogP contribution is 2.50. The maximum absolute atomic E-state index is 12.8. The van der Waals surface area contributed by atoms with Crippen LogP contribution < -0.4 is 0 Å². The van der Waals surface area contributed by atoms with Crippen molar-refractivity contribution in [3.63, 3.8) is 0 Å². The lowest BCUT2D eigenvalue weighted by Gasteiger charge is -2.22. The van der Waals surface area contributed by atoms with Gasteiger partial charge in [0.15, 0.2) is 0 Å². The van der Waals surface area contributed by atoms with E-state index in [1.807, 2.05) is 6.07 Å². The number of para-hydroxylation sites is 4. The van der Waals surface area contributed by atoms with Crippen LogP contribution in [0.1, 0.15) is 28.7 Å². The lowest BCUT2D eigenvalue weighted by atomic mass is 9.91. The molecule has 0 radical (unpaired) electrons. The van der Waals surface area contributed by atoms with E-state index in [2.05, 4.69) is 181 Å². The molecule has 0 unspecified atom stereocenters. The average molecular weight is 815 g/mol. The van der Waals surface area contributed by atoms with E-state index in [0.29, 0.717) is 13.0 Å². The molecule has 0 aliphatic heterocycles. The van der Waals surface area contributed by atoms with Gasteiger partial charge in [0, 0.05) is 57.0 Å². The fourth-order valence-electron chi connectivity index (χ4n) is 9.19. The van der Waals surface area contributed by atoms with Gasteiger partial charge in [0.25, 0.3) is 0 Å². The van der Waals surface area contributed by atoms with Crippen LogP contribution in [0.25, 0.3) is 77.2 Å². The van der Waals surface area contributed by atoms with E-state index in [1.54, 1.807) is 18.9 Å². The van der Waals surface area contributed by atoms with Gasteiger partial charge in [-0.05, 0) is 121 Å². The zero-order valence-corrected chi connectivity index (χ0v) is 35.3. The van der Waals surface area contributed by atoms with E-state index in [1.165, 1.54) is 5.56 Å². The third-order valence-corrected chi connectivity index (χ3v) is 13.1. The van der Waals surface area contributed by atoms with Gasteiger partial charge in [0.2, 0.25) is 0 Å². The van der Waals surface area contributed by atoms with Crippen LogP contribution in [0.2, 0.25) is 0 Å². The molecule has 300 valence electrons. The molecule has 0 saturated heterocycles. The topological polar surface area (TPSA) is 59.5 Å². The summed E-state index contributed by atoms with van der Waals surface area (Å²) >= 11 is 1.75. The normalized spacial score (nSPS) is 11.7. The number of phenols is 2. The number of thioether (sulfide) groups is 1. The number of nitrogens with zero attached hydrogens (tertiary/aromatic N) is 2. The molecule has 2 N–H and O–H groups in total. The molecule has 2 aromatic heterocycles. The van der Waals surface area contributed by atoms with Crippen molar-refractivity contribution in [2.75, 3.05) is 19.5 Å². The van der Waals surface area contributed by atoms with Crippen LogP contribution in [0.15, 0.2) is 169 Å². The molecule has 0 bridgehead atoms. The van der Waals surface area contributed by atoms with Gasteiger partial charge in [-0.25, -0.2) is 0 Å². The van der Waals surface area contributed by atoms with Crippen molar-refractivity contribution in [3.05, 3.63) is 186 Å². The van der Waals surface area contributed by atoms with E-state index in [9.17, 15) is 10.2 Å². The Balaban J connectivity index is 1.26. The van der Waals surface area contributed by atoms with Crippen molar-refractivity contribution in [2.24, 2.45) is 0 Å². The molecule has 6 heteroatoms. The van der Waals surface area contributed by atoms with E-state index >= 15 is 0 Å². The monoisotopic (exact) mass is 814 g/mol. The summed E-state index contributed by atoms with van der Waals surface area (Å²) in [6, 6.07) is 57.0. The number of hydrogen-bond acceptors (Lipinski definition) is 4. The summed E-state index contributed by atoms with van der Waals surface area (Å²) in [5.74, 6) is 1.20. The van der Waals surface area contributed by atoms with Crippen molar-refractivity contribution in [1.82, 2.24) is 9.13 Å². The molecule has 0 amide bonds. The molecule has 0 fully saturated rings. The van der Waals surface area contributed by atoms with Gasteiger partial charge in [-0.3, -0.25) is 0 Å². The van der Waals surface area contributed by atoms with Crippen molar-refractivity contribution >= 4 is 55.4 Å². The van der Waals surface area contributed by atoms with Gasteiger partial charge in [0.05, 0.1) is 33.4 Å². The van der Waals surface area contributed by atoms with E-state index in [-0.39, 0.29) is 11.5 Å². The molecular weight excluding hydrogens is 769 g/mol. The zero-order valence-electron chi connectivity index (χ0n) is 34.5. The van der Waals surface area contributed by atoms with Crippen LogP contribution >= 0.6 is 11.8 Å². The summed E-state index contributed by atoms with van der Waals surface area (Å²) in [7, 11) is 1.74. The first kappa shape index (κ1) is 38.5. The highest BCUT2D eigenvalue weighted by molar-refractivity contribution is 7.99. The molecule has 8 aromatic carbocycles. The Labute approximate surface area is 360 Å². The first-order valence-electron chi connectivity index (χ1n) is 20.9. The van der Waals surface area contributed by atoms with Gasteiger partial charge < -0.3 is 24.1 Å². The number of fused-ring (bicyclic) bond motifs is 6. The van der Waals surface area contributed by atoms with Crippen LogP contribution in [-0.2, 0) is 11.2 Å². The maximum Gasteiger partial charge on any atom is 0.147 e. The third kappa shape index (κ3) is 6.82. The molecule has 0 saturated carbocycles. The van der Waals surface area contributed by atoms with Crippen LogP contribution in [0, 0.1) is 13.8 Å². The summed E-state index contributed by atoms with van der Waals surface area (Å²) in [4.78, 5) is 0.996. The quantitative estimate of drug-likeness (QED) is 0.101. The first-order valence-corrected chi connectivity index (χ1v) is 21.9. The Bertz CT molecular complexity index is 2970. The van der Waals surface area contributed by atoms with E-state index in [0.717, 1.165) is 111 Å². The average Bonchev–Trinajstić information content (AvgIpc) is 3.80. The largest absolute Gasteiger partial charge is 0.505 e. The first-order chi connectivity index (χ1) is 29.9. The predicted molar refractivity (Wildman–Crippen MR) is 255 cm³/mol. The molecule has 0 aliphatic rings. The molecular formula is C55H46N2O3S. The Hall–Kier alpha value is -6.73. The number of aryl methyl sites for hydroxylation is 2. The van der Waals surface area contributed by atoms with Crippen molar-refractivity contribution in [2.45, 2.75) is 31.6 Å². The fraction of sp³-hybridized carbons (Fsp3) is 0.127. The van der Waals surface area contributed by atoms with Gasteiger partial charge in [0.1, 0.15) is 11.5 Å². The molecule has 0 atom stereocenters. The van der Waals surface area contributed by atoms with Gasteiger partial charge in [-0.1, -0.05) is 103 Å². The number of aromatic nitrogens is 2. The number of methoxy groups -OCH3 is 1. The van der Waals surface area contributed by atoms with E-state index in [4.69, 9.17) is 4.74 Å². The SMILES string of the molecule is COCCCSc1c(-c2cc(C)cc(-n3c4ccccc4c4ccccc43)c2O)cc(Cc2ccccc2)cc1-c1cc(C)cc(-n2c3ccccc3c3ccccc32)c1O. The summed E-state index contributed by atoms with van der Waals surface area (Å²) in [5.41, 5.74) is 13.2. The van der Waals surface area contributed by atoms with Crippen molar-refractivity contribution in [3.8, 4) is 45.1 Å². The smallest absolute Gasteiger partial charge is 0.147 e. The van der Waals surface area contributed by atoms with E-state index < -0.39 is 0 Å². The predicted octanol–water partition coefficient (Wildman–Crippen LogP) is 14.0. The van der Waals surface area contributed by atoms with Crippen molar-refractivity contribution in [1.29, 1.82) is 0 Å². The lowest BCUT2D eigenvalue weighted by molar-refractivity contribution is 0.200. The minimum Gasteiger partial charge on any atom is -0.505 e. The minimum atomic E-state index is 0.207. The minimum absolute atomic E-state index is 0.207. The standard InChI is InChI=1S/C55H46N2O3S/c1-35-28-43(53(58)51(30-35)56-47-22-11-7-18-39(47)40-19-8-12-23-48(40)56)45-33-38(32-37-16-5-4-6-17-37)34-46(55(45)61-27-15-26-60-3)44-29-36(2)31-52(54(44)59)57-49-24-13-9-20-41(49)42-21-10-14-25-50(42)57/h4-14,16-25,28-31,33-34,58-59H,15,26-27,32H2,1-3H3. The van der Waals surface area contributed by atoms with Crippen LogP contribution in [0.5, 0.6) is 11.5 Å². The highest BCUT2D eigenvalue weighted by atomic mass is 32.2. The number of benzene rings is 8. The van der Waals surface area contributed by atoms with Gasteiger partial charge in [-0.2, -0.15) is 0 Å². The molecule has 10 rings (SSSR count). The fourth-order valence-corrected chi connectivity index (χ4v) is 10.3. The number of aromatic hydroxyl groups is 2. The summed E-state index contributed by atoms with van der Waals surface area (Å²) < 4.78 is 9.91. The number of ether oxygens (including phenoxy) is 1. The summed E-state index contributed by atoms with van der Waals surface area (Å²) in [6.07, 6.45) is 1.51. The zero-order chi connectivity index (χ0) is 41.6. The Morgan fingerprint density at radius 3 is 1.31 bits per heavy atom. The van der Waals surface area contributed by atoms with Gasteiger partial charge in [-0.15, -0.1) is 11.8 Å². The number of hydrogen-bond donors (Lipinski definition) is 2.